The summed E-state index contributed by atoms with van der Waals surface area (Å²) in [5, 5.41) is 9.45. The van der Waals surface area contributed by atoms with Crippen molar-refractivity contribution in [2.75, 3.05) is 0 Å². The molecule has 0 spiro atoms. The number of hydrogen-bond donors (Lipinski definition) is 1. The molecular weight excluding hydrogens is 291 g/mol. The topological polar surface area (TPSA) is 20.2 Å². The third-order valence-electron chi connectivity index (χ3n) is 3.24. The van der Waals surface area contributed by atoms with Crippen molar-refractivity contribution in [1.82, 2.24) is 0 Å². The molecule has 0 amide bonds. The zero-order valence-corrected chi connectivity index (χ0v) is 12.9. The molecule has 1 nitrogen and oxygen atoms in total. The molecular formula is C13H24OSn. The Labute approximate surface area is 98.1 Å². The first-order chi connectivity index (χ1) is 7.22. The van der Waals surface area contributed by atoms with E-state index in [0.717, 1.165) is 0 Å². The Kier molecular flexibility index (Phi) is 5.98. The van der Waals surface area contributed by atoms with Gasteiger partial charge < -0.3 is 0 Å². The zero-order chi connectivity index (χ0) is 11.1. The van der Waals surface area contributed by atoms with Crippen molar-refractivity contribution < 1.29 is 5.11 Å². The van der Waals surface area contributed by atoms with Gasteiger partial charge in [0.05, 0.1) is 0 Å². The first-order valence-electron chi connectivity index (χ1n) is 6.29. The quantitative estimate of drug-likeness (QED) is 0.743. The summed E-state index contributed by atoms with van der Waals surface area (Å²) in [6, 6.07) is 0. The Morgan fingerprint density at radius 2 is 1.47 bits per heavy atom. The van der Waals surface area contributed by atoms with Gasteiger partial charge in [-0.2, -0.15) is 0 Å². The molecule has 1 N–H and O–H groups in total. The summed E-state index contributed by atoms with van der Waals surface area (Å²) in [6.45, 7) is 4.54. The fourth-order valence-electron chi connectivity index (χ4n) is 2.17. The summed E-state index contributed by atoms with van der Waals surface area (Å²) in [6.07, 6.45) is 9.08. The molecule has 0 radical (unpaired) electrons. The molecule has 1 aliphatic heterocycles. The van der Waals surface area contributed by atoms with E-state index in [0.29, 0.717) is 0 Å². The predicted octanol–water partition coefficient (Wildman–Crippen LogP) is 3.60. The van der Waals surface area contributed by atoms with Crippen molar-refractivity contribution in [1.29, 1.82) is 0 Å². The minimum absolute atomic E-state index is 0.307. The van der Waals surface area contributed by atoms with Gasteiger partial charge in [-0.25, -0.2) is 0 Å². The molecule has 0 aromatic heterocycles. The monoisotopic (exact) mass is 316 g/mol. The van der Waals surface area contributed by atoms with Gasteiger partial charge in [0.25, 0.3) is 0 Å². The predicted molar refractivity (Wildman–Crippen MR) is 69.5 cm³/mol. The second-order valence-corrected chi connectivity index (χ2v) is 16.4. The Hall–Kier alpha value is 0.239. The number of hydrogen-bond acceptors (Lipinski definition) is 1. The number of aliphatic hydroxyl groups is 1. The fraction of sp³-hybridized carbons (Fsp3) is 0.692. The van der Waals surface area contributed by atoms with Gasteiger partial charge in [0, 0.05) is 0 Å². The molecule has 1 rings (SSSR count). The van der Waals surface area contributed by atoms with Crippen molar-refractivity contribution in [3.63, 3.8) is 0 Å². The van der Waals surface area contributed by atoms with Crippen LogP contribution in [0.5, 0.6) is 0 Å². The van der Waals surface area contributed by atoms with Gasteiger partial charge in [-0.15, -0.1) is 0 Å². The SMILES string of the molecule is CCC[CH2][Sn]1([CH2]CCC)[CH]=CC(O)C=[CH]1. The van der Waals surface area contributed by atoms with E-state index >= 15 is 0 Å². The molecule has 0 aliphatic carbocycles. The fourth-order valence-corrected chi connectivity index (χ4v) is 14.2. The van der Waals surface area contributed by atoms with Gasteiger partial charge in [0.2, 0.25) is 0 Å². The molecule has 0 unspecified atom stereocenters. The third-order valence-corrected chi connectivity index (χ3v) is 15.5. The standard InChI is InChI=1S/C5H6O.2C4H9.Sn/c1-3-5(6)4-2;2*1-3-4-2;/h1-6H;2*1,3-4H2,2H3;. The van der Waals surface area contributed by atoms with Gasteiger partial charge >= 0.3 is 98.3 Å². The summed E-state index contributed by atoms with van der Waals surface area (Å²) in [4.78, 5) is 0. The van der Waals surface area contributed by atoms with Gasteiger partial charge in [-0.05, 0) is 0 Å². The minimum atomic E-state index is -2.07. The van der Waals surface area contributed by atoms with Gasteiger partial charge in [0.15, 0.2) is 0 Å². The second kappa shape index (κ2) is 6.74. The molecule has 0 atom stereocenters. The zero-order valence-electron chi connectivity index (χ0n) is 10.1. The van der Waals surface area contributed by atoms with Crippen LogP contribution in [0.3, 0.4) is 0 Å². The van der Waals surface area contributed by atoms with E-state index in [1.54, 1.807) is 0 Å². The van der Waals surface area contributed by atoms with Crippen molar-refractivity contribution in [2.24, 2.45) is 0 Å². The molecule has 0 aromatic carbocycles. The van der Waals surface area contributed by atoms with Gasteiger partial charge in [-0.1, -0.05) is 0 Å². The summed E-state index contributed by atoms with van der Waals surface area (Å²) in [5.41, 5.74) is 0. The average molecular weight is 315 g/mol. The molecule has 1 heterocycles. The molecule has 0 bridgehead atoms. The van der Waals surface area contributed by atoms with Crippen LogP contribution >= 0.6 is 0 Å². The maximum atomic E-state index is 9.45. The molecule has 86 valence electrons. The summed E-state index contributed by atoms with van der Waals surface area (Å²) >= 11 is -2.07. The number of unbranched alkanes of at least 4 members (excludes halogenated alkanes) is 2. The van der Waals surface area contributed by atoms with E-state index in [1.165, 1.54) is 34.6 Å². The van der Waals surface area contributed by atoms with Crippen LogP contribution in [-0.2, 0) is 0 Å². The Morgan fingerprint density at radius 1 is 1.00 bits per heavy atom. The summed E-state index contributed by atoms with van der Waals surface area (Å²) in [7, 11) is 0. The van der Waals surface area contributed by atoms with Crippen molar-refractivity contribution >= 4 is 18.4 Å². The van der Waals surface area contributed by atoms with Crippen LogP contribution in [0, 0.1) is 0 Å². The number of aliphatic hydroxyl groups excluding tert-OH is 1. The van der Waals surface area contributed by atoms with E-state index in [-0.39, 0.29) is 6.10 Å². The molecule has 0 saturated carbocycles. The van der Waals surface area contributed by atoms with Gasteiger partial charge in [-0.3, -0.25) is 0 Å². The summed E-state index contributed by atoms with van der Waals surface area (Å²) < 4.78 is 7.74. The molecule has 0 saturated heterocycles. The third kappa shape index (κ3) is 4.31. The van der Waals surface area contributed by atoms with E-state index in [4.69, 9.17) is 0 Å². The normalized spacial score (nSPS) is 19.7. The van der Waals surface area contributed by atoms with Crippen molar-refractivity contribution in [3.05, 3.63) is 20.3 Å². The molecule has 0 aromatic rings. The van der Waals surface area contributed by atoms with Crippen LogP contribution in [0.4, 0.5) is 0 Å². The molecule has 2 heteroatoms. The maximum absolute atomic E-state index is 9.45. The van der Waals surface area contributed by atoms with Crippen molar-refractivity contribution in [3.8, 4) is 0 Å². The van der Waals surface area contributed by atoms with Crippen LogP contribution in [0.1, 0.15) is 39.5 Å². The molecule has 0 fully saturated rings. The average Bonchev–Trinajstić information content (AvgIpc) is 2.27. The molecule has 1 aliphatic rings. The van der Waals surface area contributed by atoms with Crippen molar-refractivity contribution in [2.45, 2.75) is 54.5 Å². The van der Waals surface area contributed by atoms with Crippen LogP contribution in [0.2, 0.25) is 8.87 Å². The Bertz CT molecular complexity index is 209. The number of rotatable bonds is 6. The van der Waals surface area contributed by atoms with Crippen LogP contribution in [0.25, 0.3) is 0 Å². The van der Waals surface area contributed by atoms with E-state index in [2.05, 4.69) is 22.0 Å². The van der Waals surface area contributed by atoms with Gasteiger partial charge in [0.1, 0.15) is 0 Å². The Morgan fingerprint density at radius 3 is 1.87 bits per heavy atom. The summed E-state index contributed by atoms with van der Waals surface area (Å²) in [5.74, 6) is 0. The van der Waals surface area contributed by atoms with E-state index < -0.39 is 18.4 Å². The molecule has 15 heavy (non-hydrogen) atoms. The van der Waals surface area contributed by atoms with Crippen LogP contribution in [-0.4, -0.2) is 29.6 Å². The second-order valence-electron chi connectivity index (χ2n) is 4.65. The first-order valence-corrected chi connectivity index (χ1v) is 13.6. The van der Waals surface area contributed by atoms with E-state index in [1.807, 2.05) is 12.2 Å². The first kappa shape index (κ1) is 13.3. The van der Waals surface area contributed by atoms with Crippen LogP contribution < -0.4 is 0 Å². The Balaban J connectivity index is 2.60. The van der Waals surface area contributed by atoms with E-state index in [9.17, 15) is 5.11 Å². The van der Waals surface area contributed by atoms with Crippen LogP contribution in [0.15, 0.2) is 20.3 Å².